The number of carbonyl (C=O) groups is 1. The maximum atomic E-state index is 12.6. The molecular formula is C21H18N4O3S. The zero-order chi connectivity index (χ0) is 20.4. The van der Waals surface area contributed by atoms with Crippen LogP contribution < -0.4 is 11.3 Å². The number of fused-ring (bicyclic) bond motifs is 1. The van der Waals surface area contributed by atoms with Gasteiger partial charge in [-0.25, -0.2) is 0 Å². The first-order valence-corrected chi connectivity index (χ1v) is 9.87. The Labute approximate surface area is 170 Å². The van der Waals surface area contributed by atoms with Crippen LogP contribution in [0.1, 0.15) is 23.1 Å². The molecule has 0 amide bonds. The Bertz CT molecular complexity index is 1240. The maximum Gasteiger partial charge on any atom is 0.283 e. The van der Waals surface area contributed by atoms with Crippen LogP contribution in [0.4, 0.5) is 5.82 Å². The average Bonchev–Trinajstić information content (AvgIpc) is 3.11. The van der Waals surface area contributed by atoms with Gasteiger partial charge >= 0.3 is 0 Å². The van der Waals surface area contributed by atoms with E-state index in [2.05, 4.69) is 10.1 Å². The number of carbonyl (C=O) groups excluding carboxylic acids is 1. The number of rotatable bonds is 5. The summed E-state index contributed by atoms with van der Waals surface area (Å²) in [5.74, 6) is 0.222. The lowest BCUT2D eigenvalue weighted by molar-refractivity contribution is -0.114. The van der Waals surface area contributed by atoms with Crippen molar-refractivity contribution in [2.75, 3.05) is 12.3 Å². The van der Waals surface area contributed by atoms with E-state index in [1.54, 1.807) is 25.2 Å². The molecule has 0 aliphatic heterocycles. The van der Waals surface area contributed by atoms with Crippen molar-refractivity contribution in [2.45, 2.75) is 13.3 Å². The molecule has 0 fully saturated rings. The van der Waals surface area contributed by atoms with E-state index >= 15 is 0 Å². The molecule has 7 nitrogen and oxygen atoms in total. The summed E-state index contributed by atoms with van der Waals surface area (Å²) in [6.45, 7) is 2.17. The van der Waals surface area contributed by atoms with Crippen molar-refractivity contribution in [1.82, 2.24) is 14.6 Å². The van der Waals surface area contributed by atoms with Crippen LogP contribution in [0.2, 0.25) is 0 Å². The molecule has 0 unspecified atom stereocenters. The standard InChI is InChI=1S/C21H18N4O3S/c1-2-28-17-11-14(8-9-16(17)26)10-15-19(22)25-21(23-20(15)27)29-18(24-25)12-13-6-4-3-5-7-13/h3-11H,2,12,22H2,1H3. The van der Waals surface area contributed by atoms with Crippen LogP contribution in [-0.4, -0.2) is 27.0 Å². The lowest BCUT2D eigenvalue weighted by Gasteiger charge is -2.10. The number of aromatic nitrogens is 3. The van der Waals surface area contributed by atoms with E-state index in [0.29, 0.717) is 23.6 Å². The number of anilines is 1. The summed E-state index contributed by atoms with van der Waals surface area (Å²) in [6, 6.07) is 9.92. The van der Waals surface area contributed by atoms with Crippen LogP contribution in [0.25, 0.3) is 11.0 Å². The Balaban J connectivity index is 1.73. The average molecular weight is 406 g/mol. The summed E-state index contributed by atoms with van der Waals surface area (Å²) in [7, 11) is 0. The van der Waals surface area contributed by atoms with Gasteiger partial charge in [0.05, 0.1) is 12.2 Å². The van der Waals surface area contributed by atoms with Crippen molar-refractivity contribution in [2.24, 2.45) is 0 Å². The highest BCUT2D eigenvalue weighted by molar-refractivity contribution is 7.16. The van der Waals surface area contributed by atoms with Crippen molar-refractivity contribution in [3.05, 3.63) is 86.4 Å². The van der Waals surface area contributed by atoms with Crippen molar-refractivity contribution in [1.29, 1.82) is 0 Å². The van der Waals surface area contributed by atoms with Gasteiger partial charge in [-0.1, -0.05) is 47.7 Å². The smallest absolute Gasteiger partial charge is 0.283 e. The molecule has 2 heterocycles. The van der Waals surface area contributed by atoms with E-state index in [-0.39, 0.29) is 22.9 Å². The third-order valence-electron chi connectivity index (χ3n) is 4.31. The quantitative estimate of drug-likeness (QED) is 0.699. The topological polar surface area (TPSA) is 99.6 Å². The normalized spacial score (nSPS) is 15.1. The van der Waals surface area contributed by atoms with E-state index in [1.165, 1.54) is 21.9 Å². The zero-order valence-electron chi connectivity index (χ0n) is 15.7. The van der Waals surface area contributed by atoms with Crippen LogP contribution in [0, 0.1) is 0 Å². The molecule has 1 aliphatic rings. The molecule has 0 spiro atoms. The van der Waals surface area contributed by atoms with Crippen molar-refractivity contribution >= 4 is 34.0 Å². The summed E-state index contributed by atoms with van der Waals surface area (Å²) in [4.78, 5) is 29.0. The van der Waals surface area contributed by atoms with Gasteiger partial charge < -0.3 is 10.5 Å². The molecular weight excluding hydrogens is 388 g/mol. The van der Waals surface area contributed by atoms with Gasteiger partial charge in [-0.05, 0) is 36.3 Å². The fourth-order valence-electron chi connectivity index (χ4n) is 2.95. The number of hydrogen-bond donors (Lipinski definition) is 1. The highest BCUT2D eigenvalue weighted by atomic mass is 32.1. The molecule has 1 aromatic carbocycles. The van der Waals surface area contributed by atoms with Gasteiger partial charge in [-0.3, -0.25) is 9.59 Å². The molecule has 146 valence electrons. The summed E-state index contributed by atoms with van der Waals surface area (Å²) < 4.78 is 6.82. The molecule has 1 aliphatic carbocycles. The maximum absolute atomic E-state index is 12.6. The highest BCUT2D eigenvalue weighted by Gasteiger charge is 2.16. The van der Waals surface area contributed by atoms with Gasteiger partial charge in [-0.15, -0.1) is 0 Å². The Hall–Kier alpha value is -3.52. The third kappa shape index (κ3) is 3.88. The SMILES string of the molecule is CCOC1=CC(=Cc2c(N)n3nc(Cc4ccccc4)sc3nc2=O)C=CC1=O. The fourth-order valence-corrected chi connectivity index (χ4v) is 3.87. The minimum absolute atomic E-state index is 0.208. The number of benzene rings is 1. The third-order valence-corrected chi connectivity index (χ3v) is 5.22. The van der Waals surface area contributed by atoms with Crippen molar-refractivity contribution < 1.29 is 9.53 Å². The van der Waals surface area contributed by atoms with Crippen LogP contribution in [0.5, 0.6) is 0 Å². The zero-order valence-corrected chi connectivity index (χ0v) is 16.5. The van der Waals surface area contributed by atoms with Gasteiger partial charge in [0.25, 0.3) is 5.56 Å². The van der Waals surface area contributed by atoms with Gasteiger partial charge in [0, 0.05) is 6.42 Å². The number of nitrogens with zero attached hydrogens (tertiary/aromatic N) is 3. The van der Waals surface area contributed by atoms with Gasteiger partial charge in [0.1, 0.15) is 10.8 Å². The summed E-state index contributed by atoms with van der Waals surface area (Å²) in [5, 5.41) is 5.33. The molecule has 3 aromatic rings. The second-order valence-corrected chi connectivity index (χ2v) is 7.39. The van der Waals surface area contributed by atoms with E-state index in [0.717, 1.165) is 10.6 Å². The monoisotopic (exact) mass is 406 g/mol. The molecule has 0 bridgehead atoms. The predicted octanol–water partition coefficient (Wildman–Crippen LogP) is 2.77. The lowest BCUT2D eigenvalue weighted by Crippen LogP contribution is -2.17. The minimum Gasteiger partial charge on any atom is -0.490 e. The molecule has 2 aromatic heterocycles. The van der Waals surface area contributed by atoms with Crippen molar-refractivity contribution in [3.8, 4) is 0 Å². The van der Waals surface area contributed by atoms with Gasteiger partial charge in [0.15, 0.2) is 5.76 Å². The molecule has 4 rings (SSSR count). The number of hydrogen-bond acceptors (Lipinski definition) is 7. The van der Waals surface area contributed by atoms with E-state index in [1.807, 2.05) is 30.3 Å². The van der Waals surface area contributed by atoms with Crippen molar-refractivity contribution in [3.63, 3.8) is 0 Å². The summed E-state index contributed by atoms with van der Waals surface area (Å²) >= 11 is 1.33. The molecule has 8 heteroatoms. The van der Waals surface area contributed by atoms with Crippen LogP contribution >= 0.6 is 11.3 Å². The summed E-state index contributed by atoms with van der Waals surface area (Å²) in [6.07, 6.45) is 6.82. The molecule has 2 N–H and O–H groups in total. The van der Waals surface area contributed by atoms with E-state index < -0.39 is 5.56 Å². The lowest BCUT2D eigenvalue weighted by atomic mass is 10.0. The first kappa shape index (κ1) is 18.8. The Kier molecular flexibility index (Phi) is 5.09. The minimum atomic E-state index is -0.443. The number of nitrogen functional groups attached to an aromatic ring is 1. The summed E-state index contributed by atoms with van der Waals surface area (Å²) in [5.41, 5.74) is 7.76. The Morgan fingerprint density at radius 3 is 2.76 bits per heavy atom. The molecule has 0 radical (unpaired) electrons. The first-order valence-electron chi connectivity index (χ1n) is 9.06. The van der Waals surface area contributed by atoms with Crippen LogP contribution in [0.3, 0.4) is 0 Å². The molecule has 0 atom stereocenters. The molecule has 0 saturated carbocycles. The number of allylic oxidation sites excluding steroid dienone is 4. The van der Waals surface area contributed by atoms with Crippen LogP contribution in [0.15, 0.2) is 64.7 Å². The second kappa shape index (κ2) is 7.84. The largest absolute Gasteiger partial charge is 0.490 e. The number of ether oxygens (including phenoxy) is 1. The highest BCUT2D eigenvalue weighted by Crippen LogP contribution is 2.22. The predicted molar refractivity (Wildman–Crippen MR) is 113 cm³/mol. The molecule has 0 saturated heterocycles. The van der Waals surface area contributed by atoms with E-state index in [9.17, 15) is 9.59 Å². The van der Waals surface area contributed by atoms with E-state index in [4.69, 9.17) is 10.5 Å². The Morgan fingerprint density at radius 1 is 1.21 bits per heavy atom. The van der Waals surface area contributed by atoms with Crippen LogP contribution in [-0.2, 0) is 16.0 Å². The van der Waals surface area contributed by atoms with Gasteiger partial charge in [0.2, 0.25) is 10.7 Å². The van der Waals surface area contributed by atoms with Gasteiger partial charge in [-0.2, -0.15) is 14.6 Å². The molecule has 29 heavy (non-hydrogen) atoms. The second-order valence-electron chi connectivity index (χ2n) is 6.35. The first-order chi connectivity index (χ1) is 14.0. The fraction of sp³-hybridized carbons (Fsp3) is 0.143. The number of ketones is 1. The number of nitrogens with two attached hydrogens (primary N) is 1. The Morgan fingerprint density at radius 2 is 2.00 bits per heavy atom.